The zero-order valence-corrected chi connectivity index (χ0v) is 12.1. The summed E-state index contributed by atoms with van der Waals surface area (Å²) in [5.41, 5.74) is 1.54. The molecule has 102 valence electrons. The van der Waals surface area contributed by atoms with Crippen LogP contribution >= 0.6 is 15.9 Å². The Bertz CT molecular complexity index is 631. The molecule has 1 aliphatic rings. The van der Waals surface area contributed by atoms with Gasteiger partial charge in [0.2, 0.25) is 0 Å². The predicted molar refractivity (Wildman–Crippen MR) is 79.9 cm³/mol. The molecule has 1 aromatic carbocycles. The number of ether oxygens (including phenoxy) is 1. The van der Waals surface area contributed by atoms with Crippen LogP contribution in [0.3, 0.4) is 0 Å². The zero-order chi connectivity index (χ0) is 13.9. The minimum absolute atomic E-state index is 0.198. The van der Waals surface area contributed by atoms with Gasteiger partial charge in [-0.3, -0.25) is 4.79 Å². The van der Waals surface area contributed by atoms with Crippen LogP contribution < -0.4 is 15.4 Å². The molecule has 0 saturated heterocycles. The number of hydrogen-bond acceptors (Lipinski definition) is 4. The number of fused-ring (bicyclic) bond motifs is 1. The van der Waals surface area contributed by atoms with E-state index in [2.05, 4.69) is 31.5 Å². The second-order valence-electron chi connectivity index (χ2n) is 4.34. The second kappa shape index (κ2) is 5.50. The fraction of sp³-hybridized carbons (Fsp3) is 0.143. The van der Waals surface area contributed by atoms with Crippen LogP contribution in [-0.4, -0.2) is 23.5 Å². The summed E-state index contributed by atoms with van der Waals surface area (Å²) in [5, 5.41) is 5.96. The molecule has 2 aromatic rings. The summed E-state index contributed by atoms with van der Waals surface area (Å²) in [6.07, 6.45) is 1.03. The van der Waals surface area contributed by atoms with E-state index in [-0.39, 0.29) is 5.91 Å². The molecule has 0 fully saturated rings. The second-order valence-corrected chi connectivity index (χ2v) is 5.15. The van der Waals surface area contributed by atoms with Crippen molar-refractivity contribution in [3.05, 3.63) is 47.2 Å². The van der Waals surface area contributed by atoms with E-state index in [0.29, 0.717) is 18.0 Å². The largest absolute Gasteiger partial charge is 0.477 e. The topological polar surface area (TPSA) is 63.2 Å². The van der Waals surface area contributed by atoms with Gasteiger partial charge in [-0.2, -0.15) is 0 Å². The summed E-state index contributed by atoms with van der Waals surface area (Å²) in [4.78, 5) is 16.2. The molecule has 2 heterocycles. The number of halogens is 1. The molecule has 0 spiro atoms. The van der Waals surface area contributed by atoms with E-state index in [1.54, 1.807) is 18.3 Å². The smallest absolute Gasteiger partial charge is 0.267 e. The van der Waals surface area contributed by atoms with Gasteiger partial charge in [0.15, 0.2) is 6.10 Å². The van der Waals surface area contributed by atoms with Gasteiger partial charge in [0.05, 0.1) is 24.1 Å². The zero-order valence-electron chi connectivity index (χ0n) is 10.5. The van der Waals surface area contributed by atoms with Crippen molar-refractivity contribution in [3.8, 4) is 5.75 Å². The number of anilines is 2. The normalized spacial score (nSPS) is 16.6. The third-order valence-corrected chi connectivity index (χ3v) is 3.39. The Labute approximate surface area is 124 Å². The maximum atomic E-state index is 12.1. The minimum Gasteiger partial charge on any atom is -0.477 e. The molecular weight excluding hydrogens is 322 g/mol. The van der Waals surface area contributed by atoms with Crippen LogP contribution in [0.5, 0.6) is 5.75 Å². The molecule has 0 radical (unpaired) electrons. The van der Waals surface area contributed by atoms with E-state index < -0.39 is 6.10 Å². The molecule has 0 bridgehead atoms. The standard InChI is InChI=1S/C14H12BrN3O2/c15-13-6-5-9(7-17-13)18-14(19)12-8-16-10-3-1-2-4-11(10)20-12/h1-7,12,16H,8H2,(H,18,19). The number of amides is 1. The average molecular weight is 334 g/mol. The van der Waals surface area contributed by atoms with Gasteiger partial charge in [-0.05, 0) is 40.2 Å². The number of carbonyl (C=O) groups excluding carboxylic acids is 1. The first-order chi connectivity index (χ1) is 9.72. The molecule has 6 heteroatoms. The van der Waals surface area contributed by atoms with Crippen LogP contribution in [0.25, 0.3) is 0 Å². The highest BCUT2D eigenvalue weighted by molar-refractivity contribution is 9.10. The molecule has 20 heavy (non-hydrogen) atoms. The van der Waals surface area contributed by atoms with Crippen molar-refractivity contribution in [3.63, 3.8) is 0 Å². The van der Waals surface area contributed by atoms with Crippen LogP contribution in [0.2, 0.25) is 0 Å². The van der Waals surface area contributed by atoms with Gasteiger partial charge in [0.1, 0.15) is 10.4 Å². The Morgan fingerprint density at radius 2 is 2.20 bits per heavy atom. The van der Waals surface area contributed by atoms with Crippen LogP contribution in [0.1, 0.15) is 0 Å². The molecule has 3 rings (SSSR count). The number of hydrogen-bond donors (Lipinski definition) is 2. The highest BCUT2D eigenvalue weighted by Crippen LogP contribution is 2.28. The summed E-state index contributed by atoms with van der Waals surface area (Å²) < 4.78 is 6.41. The lowest BCUT2D eigenvalue weighted by atomic mass is 10.2. The quantitative estimate of drug-likeness (QED) is 0.829. The van der Waals surface area contributed by atoms with Gasteiger partial charge in [-0.1, -0.05) is 12.1 Å². The van der Waals surface area contributed by atoms with E-state index in [9.17, 15) is 4.79 Å². The van der Waals surface area contributed by atoms with Gasteiger partial charge < -0.3 is 15.4 Å². The van der Waals surface area contributed by atoms with Gasteiger partial charge in [0.25, 0.3) is 5.91 Å². The van der Waals surface area contributed by atoms with Crippen molar-refractivity contribution in [2.75, 3.05) is 17.2 Å². The van der Waals surface area contributed by atoms with Crippen molar-refractivity contribution < 1.29 is 9.53 Å². The van der Waals surface area contributed by atoms with Crippen molar-refractivity contribution in [1.29, 1.82) is 0 Å². The Balaban J connectivity index is 1.68. The van der Waals surface area contributed by atoms with E-state index in [4.69, 9.17) is 4.74 Å². The molecule has 0 saturated carbocycles. The number of benzene rings is 1. The van der Waals surface area contributed by atoms with Crippen LogP contribution in [0.4, 0.5) is 11.4 Å². The molecule has 2 N–H and O–H groups in total. The average Bonchev–Trinajstić information content (AvgIpc) is 2.49. The molecule has 1 aromatic heterocycles. The lowest BCUT2D eigenvalue weighted by Gasteiger charge is -2.26. The third kappa shape index (κ3) is 2.75. The summed E-state index contributed by atoms with van der Waals surface area (Å²) in [7, 11) is 0. The number of para-hydroxylation sites is 2. The number of nitrogens with one attached hydrogen (secondary N) is 2. The number of aromatic nitrogens is 1. The van der Waals surface area contributed by atoms with Gasteiger partial charge in [-0.15, -0.1) is 0 Å². The van der Waals surface area contributed by atoms with E-state index >= 15 is 0 Å². The minimum atomic E-state index is -0.562. The molecule has 5 nitrogen and oxygen atoms in total. The Kier molecular flexibility index (Phi) is 3.56. The molecule has 1 unspecified atom stereocenters. The Morgan fingerprint density at radius 3 is 3.00 bits per heavy atom. The lowest BCUT2D eigenvalue weighted by molar-refractivity contribution is -0.122. The van der Waals surface area contributed by atoms with Crippen LogP contribution in [0, 0.1) is 0 Å². The maximum absolute atomic E-state index is 12.1. The first-order valence-electron chi connectivity index (χ1n) is 6.14. The molecule has 1 aliphatic heterocycles. The van der Waals surface area contributed by atoms with Crippen molar-refractivity contribution >= 4 is 33.2 Å². The Hall–Kier alpha value is -2.08. The fourth-order valence-electron chi connectivity index (χ4n) is 1.93. The van der Waals surface area contributed by atoms with Gasteiger partial charge >= 0.3 is 0 Å². The van der Waals surface area contributed by atoms with E-state index in [0.717, 1.165) is 10.3 Å². The van der Waals surface area contributed by atoms with Gasteiger partial charge in [-0.25, -0.2) is 4.98 Å². The van der Waals surface area contributed by atoms with E-state index in [1.807, 2.05) is 24.3 Å². The monoisotopic (exact) mass is 333 g/mol. The molecular formula is C14H12BrN3O2. The highest BCUT2D eigenvalue weighted by atomic mass is 79.9. The fourth-order valence-corrected chi connectivity index (χ4v) is 2.17. The predicted octanol–water partition coefficient (Wildman–Crippen LogP) is 2.66. The first-order valence-corrected chi connectivity index (χ1v) is 6.93. The Morgan fingerprint density at radius 1 is 1.35 bits per heavy atom. The summed E-state index contributed by atoms with van der Waals surface area (Å²) >= 11 is 3.25. The first kappa shape index (κ1) is 12.9. The van der Waals surface area contributed by atoms with Crippen LogP contribution in [0.15, 0.2) is 47.2 Å². The lowest BCUT2D eigenvalue weighted by Crippen LogP contribution is -2.41. The SMILES string of the molecule is O=C(Nc1ccc(Br)nc1)C1CNc2ccccc2O1. The molecule has 0 aliphatic carbocycles. The number of rotatable bonds is 2. The van der Waals surface area contributed by atoms with E-state index in [1.165, 1.54) is 0 Å². The number of pyridine rings is 1. The van der Waals surface area contributed by atoms with Gasteiger partial charge in [0, 0.05) is 0 Å². The van der Waals surface area contributed by atoms with Crippen molar-refractivity contribution in [2.45, 2.75) is 6.10 Å². The summed E-state index contributed by atoms with van der Waals surface area (Å²) in [6.45, 7) is 0.437. The van der Waals surface area contributed by atoms with Crippen LogP contribution in [-0.2, 0) is 4.79 Å². The van der Waals surface area contributed by atoms with Crippen molar-refractivity contribution in [1.82, 2.24) is 4.98 Å². The highest BCUT2D eigenvalue weighted by Gasteiger charge is 2.25. The summed E-state index contributed by atoms with van der Waals surface area (Å²) in [5.74, 6) is 0.490. The third-order valence-electron chi connectivity index (χ3n) is 2.92. The molecule has 1 atom stereocenters. The van der Waals surface area contributed by atoms with Crippen molar-refractivity contribution in [2.24, 2.45) is 0 Å². The molecule has 1 amide bonds. The maximum Gasteiger partial charge on any atom is 0.267 e. The number of nitrogens with zero attached hydrogens (tertiary/aromatic N) is 1. The number of carbonyl (C=O) groups is 1. The summed E-state index contributed by atoms with van der Waals surface area (Å²) in [6, 6.07) is 11.1.